The molecule has 2 aromatic carbocycles. The van der Waals surface area contributed by atoms with E-state index in [1.807, 2.05) is 24.3 Å². The lowest BCUT2D eigenvalue weighted by Crippen LogP contribution is -2.13. The summed E-state index contributed by atoms with van der Waals surface area (Å²) in [6, 6.07) is 10.9. The minimum atomic E-state index is 0.0312. The predicted molar refractivity (Wildman–Crippen MR) is 95.5 cm³/mol. The molecule has 2 aromatic rings. The highest BCUT2D eigenvalue weighted by Gasteiger charge is 2.06. The summed E-state index contributed by atoms with van der Waals surface area (Å²) in [5, 5.41) is 16.1. The molecule has 0 aliphatic heterocycles. The third kappa shape index (κ3) is 4.15. The van der Waals surface area contributed by atoms with Gasteiger partial charge in [-0.2, -0.15) is 0 Å². The summed E-state index contributed by atoms with van der Waals surface area (Å²) in [7, 11) is 0. The van der Waals surface area contributed by atoms with Gasteiger partial charge in [0.15, 0.2) is 5.84 Å². The molecule has 21 heavy (non-hydrogen) atoms. The second kappa shape index (κ2) is 7.20. The lowest BCUT2D eigenvalue weighted by atomic mass is 10.1. The van der Waals surface area contributed by atoms with Crippen LogP contribution in [0, 0.1) is 3.57 Å². The van der Waals surface area contributed by atoms with Crippen LogP contribution >= 0.6 is 45.8 Å². The van der Waals surface area contributed by atoms with Gasteiger partial charge >= 0.3 is 0 Å². The van der Waals surface area contributed by atoms with E-state index in [-0.39, 0.29) is 5.84 Å². The van der Waals surface area contributed by atoms with Gasteiger partial charge in [-0.25, -0.2) is 0 Å². The van der Waals surface area contributed by atoms with Gasteiger partial charge in [0.05, 0.1) is 0 Å². The molecule has 0 unspecified atom stereocenters. The van der Waals surface area contributed by atoms with E-state index in [9.17, 15) is 0 Å². The van der Waals surface area contributed by atoms with Gasteiger partial charge in [0.25, 0.3) is 0 Å². The highest BCUT2D eigenvalue weighted by Crippen LogP contribution is 2.24. The molecule has 0 spiro atoms. The lowest BCUT2D eigenvalue weighted by Gasteiger charge is -2.11. The zero-order valence-corrected chi connectivity index (χ0v) is 14.4. The number of hydrogen-bond acceptors (Lipinski definition) is 3. The summed E-state index contributed by atoms with van der Waals surface area (Å²) in [6.07, 6.45) is 0. The van der Waals surface area contributed by atoms with Gasteiger partial charge in [0.1, 0.15) is 0 Å². The standard InChI is InChI=1S/C14H12Cl2IN3O/c15-10-3-4-13(12(17)6-10)19-7-9-2-1-8(5-11(9)16)14(18)20-21/h1-6,19,21H,7H2,(H2,18,20). The number of rotatable bonds is 4. The number of nitrogens with one attached hydrogen (secondary N) is 1. The Morgan fingerprint density at radius 2 is 2.00 bits per heavy atom. The molecule has 0 fully saturated rings. The van der Waals surface area contributed by atoms with E-state index in [2.05, 4.69) is 33.1 Å². The molecule has 0 bridgehead atoms. The second-order valence-corrected chi connectivity index (χ2v) is 6.27. The second-order valence-electron chi connectivity index (χ2n) is 4.27. The first-order valence-corrected chi connectivity index (χ1v) is 7.80. The Morgan fingerprint density at radius 3 is 2.62 bits per heavy atom. The number of amidine groups is 1. The number of anilines is 1. The lowest BCUT2D eigenvalue weighted by molar-refractivity contribution is 0.318. The molecule has 0 heterocycles. The van der Waals surface area contributed by atoms with Gasteiger partial charge in [-0.3, -0.25) is 0 Å². The van der Waals surface area contributed by atoms with Crippen molar-refractivity contribution >= 4 is 57.3 Å². The Bertz CT molecular complexity index is 692. The third-order valence-electron chi connectivity index (χ3n) is 2.86. The molecule has 0 atom stereocenters. The van der Waals surface area contributed by atoms with Crippen molar-refractivity contribution in [1.29, 1.82) is 0 Å². The molecular weight excluding hydrogens is 424 g/mol. The maximum atomic E-state index is 8.65. The van der Waals surface area contributed by atoms with E-state index < -0.39 is 0 Å². The minimum absolute atomic E-state index is 0.0312. The number of nitrogens with zero attached hydrogens (tertiary/aromatic N) is 1. The van der Waals surface area contributed by atoms with Gasteiger partial charge < -0.3 is 16.3 Å². The Labute approximate surface area is 146 Å². The zero-order chi connectivity index (χ0) is 15.4. The van der Waals surface area contributed by atoms with Crippen LogP contribution in [-0.2, 0) is 6.54 Å². The summed E-state index contributed by atoms with van der Waals surface area (Å²) >= 11 is 14.3. The summed E-state index contributed by atoms with van der Waals surface area (Å²) in [6.45, 7) is 0.562. The van der Waals surface area contributed by atoms with E-state index in [1.54, 1.807) is 12.1 Å². The Morgan fingerprint density at radius 1 is 1.24 bits per heavy atom. The molecule has 4 nitrogen and oxygen atoms in total. The first kappa shape index (κ1) is 16.2. The van der Waals surface area contributed by atoms with Gasteiger partial charge in [-0.05, 0) is 52.4 Å². The van der Waals surface area contributed by atoms with Crippen molar-refractivity contribution in [3.05, 3.63) is 61.1 Å². The highest BCUT2D eigenvalue weighted by atomic mass is 127. The highest BCUT2D eigenvalue weighted by molar-refractivity contribution is 14.1. The Balaban J connectivity index is 2.13. The fourth-order valence-electron chi connectivity index (χ4n) is 1.73. The van der Waals surface area contributed by atoms with Crippen molar-refractivity contribution in [2.24, 2.45) is 10.9 Å². The van der Waals surface area contributed by atoms with Crippen molar-refractivity contribution in [3.63, 3.8) is 0 Å². The first-order chi connectivity index (χ1) is 10.0. The largest absolute Gasteiger partial charge is 0.409 e. The smallest absolute Gasteiger partial charge is 0.170 e. The van der Waals surface area contributed by atoms with E-state index in [1.165, 1.54) is 0 Å². The number of halogens is 3. The average molecular weight is 436 g/mol. The van der Waals surface area contributed by atoms with E-state index in [0.717, 1.165) is 14.8 Å². The Kier molecular flexibility index (Phi) is 5.55. The average Bonchev–Trinajstić information content (AvgIpc) is 2.46. The SMILES string of the molecule is N/C(=N/O)c1ccc(CNc2ccc(Cl)cc2I)c(Cl)c1. The van der Waals surface area contributed by atoms with Crippen molar-refractivity contribution in [3.8, 4) is 0 Å². The van der Waals surface area contributed by atoms with Crippen LogP contribution in [0.2, 0.25) is 10.0 Å². The zero-order valence-electron chi connectivity index (χ0n) is 10.8. The van der Waals surface area contributed by atoms with Crippen molar-refractivity contribution in [2.75, 3.05) is 5.32 Å². The first-order valence-electron chi connectivity index (χ1n) is 5.96. The monoisotopic (exact) mass is 435 g/mol. The van der Waals surface area contributed by atoms with Crippen molar-refractivity contribution in [2.45, 2.75) is 6.54 Å². The van der Waals surface area contributed by atoms with Gasteiger partial charge in [-0.1, -0.05) is 40.5 Å². The maximum Gasteiger partial charge on any atom is 0.170 e. The Hall–Kier alpha value is -1.18. The van der Waals surface area contributed by atoms with E-state index in [4.69, 9.17) is 34.1 Å². The van der Waals surface area contributed by atoms with Crippen LogP contribution in [0.25, 0.3) is 0 Å². The van der Waals surface area contributed by atoms with Gasteiger partial charge in [-0.15, -0.1) is 0 Å². The fourth-order valence-corrected chi connectivity index (χ4v) is 3.04. The van der Waals surface area contributed by atoms with Crippen molar-refractivity contribution < 1.29 is 5.21 Å². The molecule has 0 saturated heterocycles. The molecule has 110 valence electrons. The van der Waals surface area contributed by atoms with Crippen LogP contribution in [0.5, 0.6) is 0 Å². The van der Waals surface area contributed by atoms with Crippen molar-refractivity contribution in [1.82, 2.24) is 0 Å². The number of oxime groups is 1. The summed E-state index contributed by atoms with van der Waals surface area (Å²) in [5.74, 6) is 0.0312. The fraction of sp³-hybridized carbons (Fsp3) is 0.0714. The summed E-state index contributed by atoms with van der Waals surface area (Å²) < 4.78 is 1.03. The van der Waals surface area contributed by atoms with E-state index in [0.29, 0.717) is 22.2 Å². The van der Waals surface area contributed by atoms with Crippen LogP contribution in [0.1, 0.15) is 11.1 Å². The predicted octanol–water partition coefficient (Wildman–Crippen LogP) is 4.30. The molecule has 0 amide bonds. The quantitative estimate of drug-likeness (QED) is 0.220. The molecule has 7 heteroatoms. The topological polar surface area (TPSA) is 70.6 Å². The van der Waals surface area contributed by atoms with Gasteiger partial charge in [0, 0.05) is 31.4 Å². The molecule has 0 aliphatic rings. The number of nitrogens with two attached hydrogens (primary N) is 1. The van der Waals surface area contributed by atoms with Crippen LogP contribution < -0.4 is 11.1 Å². The maximum absolute atomic E-state index is 8.65. The minimum Gasteiger partial charge on any atom is -0.409 e. The molecular formula is C14H12Cl2IN3O. The molecule has 0 saturated carbocycles. The van der Waals surface area contributed by atoms with Crippen LogP contribution in [0.3, 0.4) is 0 Å². The third-order valence-corrected chi connectivity index (χ3v) is 4.34. The van der Waals surface area contributed by atoms with Crippen LogP contribution in [0.4, 0.5) is 5.69 Å². The number of benzene rings is 2. The summed E-state index contributed by atoms with van der Waals surface area (Å²) in [5.41, 5.74) is 8.00. The molecule has 4 N–H and O–H groups in total. The molecule has 0 aliphatic carbocycles. The van der Waals surface area contributed by atoms with Gasteiger partial charge in [0.2, 0.25) is 0 Å². The molecule has 0 aromatic heterocycles. The van der Waals surface area contributed by atoms with Crippen LogP contribution in [0.15, 0.2) is 41.6 Å². The van der Waals surface area contributed by atoms with Crippen LogP contribution in [-0.4, -0.2) is 11.0 Å². The number of hydrogen-bond donors (Lipinski definition) is 3. The normalized spacial score (nSPS) is 11.5. The van der Waals surface area contributed by atoms with E-state index >= 15 is 0 Å². The molecule has 2 rings (SSSR count). The summed E-state index contributed by atoms with van der Waals surface area (Å²) in [4.78, 5) is 0. The molecule has 0 radical (unpaired) electrons.